The van der Waals surface area contributed by atoms with Gasteiger partial charge < -0.3 is 9.72 Å². The van der Waals surface area contributed by atoms with Crippen LogP contribution in [0.25, 0.3) is 11.0 Å². The second-order valence-electron chi connectivity index (χ2n) is 4.99. The molecule has 0 saturated heterocycles. The van der Waals surface area contributed by atoms with Crippen LogP contribution >= 0.6 is 0 Å². The van der Waals surface area contributed by atoms with Crippen LogP contribution in [0, 0.1) is 11.3 Å². The lowest BCUT2D eigenvalue weighted by atomic mass is 10.2. The normalized spacial score (nSPS) is 11.7. The first-order chi connectivity index (χ1) is 11.2. The zero-order chi connectivity index (χ0) is 16.2. The monoisotopic (exact) mass is 306 g/mol. The molecule has 2 aromatic carbocycles. The van der Waals surface area contributed by atoms with E-state index in [0.29, 0.717) is 17.3 Å². The molecule has 0 aliphatic rings. The molecule has 114 valence electrons. The summed E-state index contributed by atoms with van der Waals surface area (Å²) < 4.78 is 5.56. The number of ether oxygens (including phenoxy) is 1. The van der Waals surface area contributed by atoms with Crippen LogP contribution in [-0.2, 0) is 4.79 Å². The summed E-state index contributed by atoms with van der Waals surface area (Å²) in [5.41, 5.74) is 2.17. The van der Waals surface area contributed by atoms with Gasteiger partial charge in [-0.25, -0.2) is 4.98 Å². The first-order valence-corrected chi connectivity index (χ1v) is 7.08. The molecule has 0 aliphatic carbocycles. The standard InChI is InChI=1S/C17H14N4O2/c1-11(23-13-8-6-12(10-18)7-9-13)16(22)21-17-19-14-4-2-3-5-15(14)20-17/h2-9,11H,1H3,(H2,19,20,21,22). The molecule has 6 nitrogen and oxygen atoms in total. The van der Waals surface area contributed by atoms with Gasteiger partial charge in [0, 0.05) is 0 Å². The van der Waals surface area contributed by atoms with E-state index in [9.17, 15) is 4.79 Å². The summed E-state index contributed by atoms with van der Waals surface area (Å²) in [6, 6.07) is 16.1. The van der Waals surface area contributed by atoms with Crippen molar-refractivity contribution in [3.05, 3.63) is 54.1 Å². The molecule has 3 rings (SSSR count). The van der Waals surface area contributed by atoms with Crippen LogP contribution in [-0.4, -0.2) is 22.0 Å². The molecule has 0 fully saturated rings. The van der Waals surface area contributed by atoms with Gasteiger partial charge in [0.1, 0.15) is 5.75 Å². The predicted octanol–water partition coefficient (Wildman–Crippen LogP) is 2.84. The van der Waals surface area contributed by atoms with E-state index in [1.807, 2.05) is 30.3 Å². The Morgan fingerprint density at radius 1 is 1.26 bits per heavy atom. The van der Waals surface area contributed by atoms with Gasteiger partial charge in [0.15, 0.2) is 6.10 Å². The van der Waals surface area contributed by atoms with Gasteiger partial charge in [-0.3, -0.25) is 10.1 Å². The van der Waals surface area contributed by atoms with E-state index < -0.39 is 6.10 Å². The van der Waals surface area contributed by atoms with E-state index in [4.69, 9.17) is 10.00 Å². The van der Waals surface area contributed by atoms with E-state index >= 15 is 0 Å². The van der Waals surface area contributed by atoms with E-state index in [1.54, 1.807) is 31.2 Å². The van der Waals surface area contributed by atoms with Crippen molar-refractivity contribution in [2.75, 3.05) is 5.32 Å². The number of amides is 1. The van der Waals surface area contributed by atoms with Crippen molar-refractivity contribution in [3.63, 3.8) is 0 Å². The Labute approximate surface area is 132 Å². The van der Waals surface area contributed by atoms with E-state index in [2.05, 4.69) is 15.3 Å². The van der Waals surface area contributed by atoms with Gasteiger partial charge in [0.05, 0.1) is 22.7 Å². The van der Waals surface area contributed by atoms with Gasteiger partial charge in [-0.05, 0) is 43.3 Å². The number of nitrogens with zero attached hydrogens (tertiary/aromatic N) is 2. The maximum atomic E-state index is 12.2. The van der Waals surface area contributed by atoms with Crippen LogP contribution in [0.3, 0.4) is 0 Å². The number of para-hydroxylation sites is 2. The van der Waals surface area contributed by atoms with Crippen molar-refractivity contribution in [3.8, 4) is 11.8 Å². The highest BCUT2D eigenvalue weighted by Crippen LogP contribution is 2.16. The summed E-state index contributed by atoms with van der Waals surface area (Å²) >= 11 is 0. The zero-order valence-electron chi connectivity index (χ0n) is 12.4. The van der Waals surface area contributed by atoms with Crippen LogP contribution in [0.1, 0.15) is 12.5 Å². The molecular weight excluding hydrogens is 292 g/mol. The number of hydrogen-bond acceptors (Lipinski definition) is 4. The average Bonchev–Trinajstić information content (AvgIpc) is 2.97. The molecule has 23 heavy (non-hydrogen) atoms. The number of carbonyl (C=O) groups excluding carboxylic acids is 1. The summed E-state index contributed by atoms with van der Waals surface area (Å²) in [5.74, 6) is 0.594. The van der Waals surface area contributed by atoms with Crippen LogP contribution in [0.5, 0.6) is 5.75 Å². The molecule has 0 spiro atoms. The number of fused-ring (bicyclic) bond motifs is 1. The quantitative estimate of drug-likeness (QED) is 0.775. The summed E-state index contributed by atoms with van der Waals surface area (Å²) in [6.45, 7) is 1.65. The number of anilines is 1. The van der Waals surface area contributed by atoms with Gasteiger partial charge >= 0.3 is 0 Å². The minimum atomic E-state index is -0.698. The molecule has 0 saturated carbocycles. The van der Waals surface area contributed by atoms with Gasteiger partial charge in [-0.1, -0.05) is 12.1 Å². The summed E-state index contributed by atoms with van der Waals surface area (Å²) in [7, 11) is 0. The summed E-state index contributed by atoms with van der Waals surface area (Å²) in [6.07, 6.45) is -0.698. The number of imidazole rings is 1. The molecular formula is C17H14N4O2. The molecule has 3 aromatic rings. The fourth-order valence-corrected chi connectivity index (χ4v) is 2.10. The van der Waals surface area contributed by atoms with Crippen molar-refractivity contribution < 1.29 is 9.53 Å². The number of aromatic nitrogens is 2. The lowest BCUT2D eigenvalue weighted by Gasteiger charge is -2.13. The average molecular weight is 306 g/mol. The van der Waals surface area contributed by atoms with Crippen molar-refractivity contribution in [1.29, 1.82) is 5.26 Å². The first kappa shape index (κ1) is 14.6. The molecule has 1 amide bonds. The zero-order valence-corrected chi connectivity index (χ0v) is 12.4. The summed E-state index contributed by atoms with van der Waals surface area (Å²) in [5, 5.41) is 11.4. The molecule has 6 heteroatoms. The second-order valence-corrected chi connectivity index (χ2v) is 4.99. The Kier molecular flexibility index (Phi) is 3.93. The maximum Gasteiger partial charge on any atom is 0.267 e. The largest absolute Gasteiger partial charge is 0.481 e. The van der Waals surface area contributed by atoms with E-state index in [0.717, 1.165) is 11.0 Å². The Morgan fingerprint density at radius 3 is 2.70 bits per heavy atom. The third-order valence-corrected chi connectivity index (χ3v) is 3.30. The number of benzene rings is 2. The third kappa shape index (κ3) is 3.30. The minimum absolute atomic E-state index is 0.312. The van der Waals surface area contributed by atoms with Gasteiger partial charge in [-0.2, -0.15) is 5.26 Å². The van der Waals surface area contributed by atoms with Crippen molar-refractivity contribution in [2.45, 2.75) is 13.0 Å². The highest BCUT2D eigenvalue weighted by atomic mass is 16.5. The first-order valence-electron chi connectivity index (χ1n) is 7.08. The Balaban J connectivity index is 1.65. The third-order valence-electron chi connectivity index (χ3n) is 3.30. The van der Waals surface area contributed by atoms with Gasteiger partial charge in [0.25, 0.3) is 5.91 Å². The molecule has 1 atom stereocenters. The molecule has 1 heterocycles. The number of nitrogens with one attached hydrogen (secondary N) is 2. The Morgan fingerprint density at radius 2 is 2.00 bits per heavy atom. The number of rotatable bonds is 4. The number of H-pyrrole nitrogens is 1. The number of aromatic amines is 1. The van der Waals surface area contributed by atoms with E-state index in [-0.39, 0.29) is 5.91 Å². The van der Waals surface area contributed by atoms with E-state index in [1.165, 1.54) is 0 Å². The molecule has 1 unspecified atom stereocenters. The van der Waals surface area contributed by atoms with Crippen LogP contribution in [0.4, 0.5) is 5.95 Å². The SMILES string of the molecule is CC(Oc1ccc(C#N)cc1)C(=O)Nc1nc2ccccc2[nH]1. The predicted molar refractivity (Wildman–Crippen MR) is 86.0 cm³/mol. The Bertz CT molecular complexity index is 844. The van der Waals surface area contributed by atoms with Crippen LogP contribution in [0.15, 0.2) is 48.5 Å². The topological polar surface area (TPSA) is 90.8 Å². The molecule has 1 aromatic heterocycles. The number of carbonyl (C=O) groups is 1. The highest BCUT2D eigenvalue weighted by Gasteiger charge is 2.16. The van der Waals surface area contributed by atoms with Gasteiger partial charge in [-0.15, -0.1) is 0 Å². The van der Waals surface area contributed by atoms with Crippen LogP contribution < -0.4 is 10.1 Å². The lowest BCUT2D eigenvalue weighted by Crippen LogP contribution is -2.30. The second kappa shape index (κ2) is 6.20. The maximum absolute atomic E-state index is 12.2. The number of nitriles is 1. The highest BCUT2D eigenvalue weighted by molar-refractivity contribution is 5.94. The fraction of sp³-hybridized carbons (Fsp3) is 0.118. The Hall–Kier alpha value is -3.33. The lowest BCUT2D eigenvalue weighted by molar-refractivity contribution is -0.122. The van der Waals surface area contributed by atoms with Crippen LogP contribution in [0.2, 0.25) is 0 Å². The molecule has 0 aliphatic heterocycles. The molecule has 0 radical (unpaired) electrons. The fourth-order valence-electron chi connectivity index (χ4n) is 2.10. The minimum Gasteiger partial charge on any atom is -0.481 e. The molecule has 0 bridgehead atoms. The van der Waals surface area contributed by atoms with Crippen molar-refractivity contribution >= 4 is 22.9 Å². The number of hydrogen-bond donors (Lipinski definition) is 2. The van der Waals surface area contributed by atoms with Crippen molar-refractivity contribution in [2.24, 2.45) is 0 Å². The van der Waals surface area contributed by atoms with Gasteiger partial charge in [0.2, 0.25) is 5.95 Å². The summed E-state index contributed by atoms with van der Waals surface area (Å²) in [4.78, 5) is 19.5. The van der Waals surface area contributed by atoms with Crippen molar-refractivity contribution in [1.82, 2.24) is 9.97 Å². The smallest absolute Gasteiger partial charge is 0.267 e. The molecule has 2 N–H and O–H groups in total.